The van der Waals surface area contributed by atoms with Crippen molar-refractivity contribution in [2.45, 2.75) is 0 Å². The Morgan fingerprint density at radius 3 is 2.17 bits per heavy atom. The van der Waals surface area contributed by atoms with Gasteiger partial charge in [0.15, 0.2) is 11.6 Å². The Morgan fingerprint density at radius 2 is 1.54 bits per heavy atom. The molecule has 2 aromatic carbocycles. The molecular weight excluding hydrogens is 304 g/mol. The lowest BCUT2D eigenvalue weighted by Gasteiger charge is -2.07. The van der Waals surface area contributed by atoms with Crippen LogP contribution in [0.1, 0.15) is 10.4 Å². The molecule has 0 unspecified atom stereocenters. The monoisotopic (exact) mass is 320 g/mol. The van der Waals surface area contributed by atoms with Crippen molar-refractivity contribution in [1.82, 2.24) is 10.2 Å². The summed E-state index contributed by atoms with van der Waals surface area (Å²) in [6.45, 7) is 0. The largest absolute Gasteiger partial charge is 0.497 e. The topological polar surface area (TPSA) is 76.1 Å². The molecule has 2 N–H and O–H groups in total. The van der Waals surface area contributed by atoms with Crippen LogP contribution in [0, 0.1) is 0 Å². The first-order valence-electron chi connectivity index (χ1n) is 7.36. The van der Waals surface area contributed by atoms with Crippen molar-refractivity contribution in [3.8, 4) is 5.75 Å². The highest BCUT2D eigenvalue weighted by molar-refractivity contribution is 6.03. The molecule has 0 fully saturated rings. The van der Waals surface area contributed by atoms with Gasteiger partial charge in [-0.05, 0) is 48.5 Å². The van der Waals surface area contributed by atoms with Gasteiger partial charge in [-0.2, -0.15) is 0 Å². The van der Waals surface area contributed by atoms with E-state index in [1.807, 2.05) is 30.3 Å². The van der Waals surface area contributed by atoms with Gasteiger partial charge >= 0.3 is 0 Å². The van der Waals surface area contributed by atoms with Gasteiger partial charge in [0.2, 0.25) is 0 Å². The number of carbonyl (C=O) groups is 1. The zero-order chi connectivity index (χ0) is 16.8. The first kappa shape index (κ1) is 15.5. The van der Waals surface area contributed by atoms with Gasteiger partial charge in [-0.3, -0.25) is 4.79 Å². The Bertz CT molecular complexity index is 803. The van der Waals surface area contributed by atoms with Crippen molar-refractivity contribution in [2.24, 2.45) is 0 Å². The second-order valence-electron chi connectivity index (χ2n) is 4.98. The average molecular weight is 320 g/mol. The summed E-state index contributed by atoms with van der Waals surface area (Å²) < 4.78 is 5.07. The van der Waals surface area contributed by atoms with Crippen molar-refractivity contribution in [2.75, 3.05) is 17.7 Å². The molecule has 1 heterocycles. The molecule has 120 valence electrons. The summed E-state index contributed by atoms with van der Waals surface area (Å²) in [6.07, 6.45) is 0. The number of anilines is 3. The molecule has 6 heteroatoms. The number of nitrogens with zero attached hydrogens (tertiary/aromatic N) is 2. The minimum Gasteiger partial charge on any atom is -0.497 e. The van der Waals surface area contributed by atoms with Crippen molar-refractivity contribution >= 4 is 23.2 Å². The summed E-state index contributed by atoms with van der Waals surface area (Å²) >= 11 is 0. The number of para-hydroxylation sites is 1. The second-order valence-corrected chi connectivity index (χ2v) is 4.98. The molecule has 1 amide bonds. The maximum Gasteiger partial charge on any atom is 0.256 e. The zero-order valence-electron chi connectivity index (χ0n) is 13.1. The molecule has 0 saturated carbocycles. The Morgan fingerprint density at radius 1 is 0.875 bits per heavy atom. The van der Waals surface area contributed by atoms with Gasteiger partial charge in [-0.1, -0.05) is 18.2 Å². The number of rotatable bonds is 5. The van der Waals surface area contributed by atoms with Gasteiger partial charge in [0, 0.05) is 11.3 Å². The highest BCUT2D eigenvalue weighted by Gasteiger charge is 2.07. The van der Waals surface area contributed by atoms with Crippen LogP contribution in [-0.4, -0.2) is 23.2 Å². The van der Waals surface area contributed by atoms with Crippen LogP contribution in [0.15, 0.2) is 66.7 Å². The summed E-state index contributed by atoms with van der Waals surface area (Å²) in [7, 11) is 1.58. The molecule has 0 atom stereocenters. The first-order chi connectivity index (χ1) is 11.7. The maximum absolute atomic E-state index is 12.2. The fourth-order valence-electron chi connectivity index (χ4n) is 2.07. The fourth-order valence-corrected chi connectivity index (χ4v) is 2.07. The summed E-state index contributed by atoms with van der Waals surface area (Å²) in [4.78, 5) is 12.2. The van der Waals surface area contributed by atoms with E-state index in [0.29, 0.717) is 22.9 Å². The van der Waals surface area contributed by atoms with Crippen molar-refractivity contribution in [3.05, 3.63) is 72.3 Å². The van der Waals surface area contributed by atoms with Gasteiger partial charge < -0.3 is 15.4 Å². The minimum absolute atomic E-state index is 0.254. The summed E-state index contributed by atoms with van der Waals surface area (Å²) in [5, 5.41) is 13.9. The molecule has 0 spiro atoms. The third-order valence-corrected chi connectivity index (χ3v) is 3.30. The number of ether oxygens (including phenoxy) is 1. The molecule has 0 aliphatic rings. The predicted molar refractivity (Wildman–Crippen MR) is 92.7 cm³/mol. The van der Waals surface area contributed by atoms with Crippen LogP contribution >= 0.6 is 0 Å². The first-order valence-corrected chi connectivity index (χ1v) is 7.36. The van der Waals surface area contributed by atoms with E-state index in [-0.39, 0.29) is 5.91 Å². The lowest BCUT2D eigenvalue weighted by atomic mass is 10.2. The number of methoxy groups -OCH3 is 1. The number of hydrogen-bond donors (Lipinski definition) is 2. The van der Waals surface area contributed by atoms with E-state index in [2.05, 4.69) is 20.8 Å². The molecule has 0 saturated heterocycles. The van der Waals surface area contributed by atoms with Crippen molar-refractivity contribution in [1.29, 1.82) is 0 Å². The quantitative estimate of drug-likeness (QED) is 0.752. The van der Waals surface area contributed by atoms with Gasteiger partial charge in [-0.15, -0.1) is 10.2 Å². The Kier molecular flexibility index (Phi) is 4.67. The van der Waals surface area contributed by atoms with E-state index in [4.69, 9.17) is 4.74 Å². The van der Waals surface area contributed by atoms with E-state index in [9.17, 15) is 4.79 Å². The molecule has 3 rings (SSSR count). The molecule has 0 aliphatic carbocycles. The van der Waals surface area contributed by atoms with E-state index in [1.54, 1.807) is 43.5 Å². The lowest BCUT2D eigenvalue weighted by molar-refractivity contribution is 0.102. The average Bonchev–Trinajstić information content (AvgIpc) is 2.64. The third-order valence-electron chi connectivity index (χ3n) is 3.30. The summed E-state index contributed by atoms with van der Waals surface area (Å²) in [5.74, 6) is 1.43. The summed E-state index contributed by atoms with van der Waals surface area (Å²) in [5.41, 5.74) is 1.44. The van der Waals surface area contributed by atoms with E-state index in [1.165, 1.54) is 0 Å². The molecule has 24 heavy (non-hydrogen) atoms. The third kappa shape index (κ3) is 3.86. The Balaban J connectivity index is 1.64. The Hall–Kier alpha value is -3.41. The molecule has 0 aliphatic heterocycles. The maximum atomic E-state index is 12.2. The number of carbonyl (C=O) groups excluding carboxylic acids is 1. The van der Waals surface area contributed by atoms with Crippen LogP contribution in [0.3, 0.4) is 0 Å². The zero-order valence-corrected chi connectivity index (χ0v) is 13.1. The van der Waals surface area contributed by atoms with Crippen molar-refractivity contribution < 1.29 is 9.53 Å². The number of benzene rings is 2. The standard InChI is InChI=1S/C18H16N4O2/c1-24-15-9-7-13(8-10-15)18(23)20-17-12-11-16(21-22-17)19-14-5-3-2-4-6-14/h2-12H,1H3,(H,19,21)(H,20,22,23). The van der Waals surface area contributed by atoms with E-state index in [0.717, 1.165) is 5.69 Å². The van der Waals surface area contributed by atoms with Gasteiger partial charge in [0.25, 0.3) is 5.91 Å². The minimum atomic E-state index is -0.254. The summed E-state index contributed by atoms with van der Waals surface area (Å²) in [6, 6.07) is 19.9. The molecule has 3 aromatic rings. The van der Waals surface area contributed by atoms with Gasteiger partial charge in [0.05, 0.1) is 7.11 Å². The van der Waals surface area contributed by atoms with Crippen LogP contribution in [-0.2, 0) is 0 Å². The highest BCUT2D eigenvalue weighted by atomic mass is 16.5. The number of nitrogens with one attached hydrogen (secondary N) is 2. The predicted octanol–water partition coefficient (Wildman–Crippen LogP) is 3.48. The SMILES string of the molecule is COc1ccc(C(=O)Nc2ccc(Nc3ccccc3)nn2)cc1. The fraction of sp³-hybridized carbons (Fsp3) is 0.0556. The number of aromatic nitrogens is 2. The van der Waals surface area contributed by atoms with Crippen LogP contribution in [0.25, 0.3) is 0 Å². The number of hydrogen-bond acceptors (Lipinski definition) is 5. The lowest BCUT2D eigenvalue weighted by Crippen LogP contribution is -2.13. The molecule has 0 radical (unpaired) electrons. The van der Waals surface area contributed by atoms with Crippen molar-refractivity contribution in [3.63, 3.8) is 0 Å². The second kappa shape index (κ2) is 7.23. The van der Waals surface area contributed by atoms with Gasteiger partial charge in [0.1, 0.15) is 5.75 Å². The van der Waals surface area contributed by atoms with Crippen LogP contribution < -0.4 is 15.4 Å². The Labute approximate surface area is 139 Å². The normalized spacial score (nSPS) is 10.0. The van der Waals surface area contributed by atoms with Crippen LogP contribution in [0.5, 0.6) is 5.75 Å². The van der Waals surface area contributed by atoms with E-state index < -0.39 is 0 Å². The smallest absolute Gasteiger partial charge is 0.256 e. The van der Waals surface area contributed by atoms with E-state index >= 15 is 0 Å². The molecular formula is C18H16N4O2. The molecule has 0 bridgehead atoms. The van der Waals surface area contributed by atoms with Crippen LogP contribution in [0.2, 0.25) is 0 Å². The van der Waals surface area contributed by atoms with Gasteiger partial charge in [-0.25, -0.2) is 0 Å². The number of amides is 1. The van der Waals surface area contributed by atoms with Crippen LogP contribution in [0.4, 0.5) is 17.3 Å². The molecule has 1 aromatic heterocycles. The highest BCUT2D eigenvalue weighted by Crippen LogP contribution is 2.15. The molecule has 6 nitrogen and oxygen atoms in total.